The number of hydrogen-bond acceptors (Lipinski definition) is 3. The molecular formula is C28H28BrN3O3. The van der Waals surface area contributed by atoms with E-state index < -0.39 is 5.97 Å². The standard InChI is InChI=1S/C28H28BrN3O3/c1-2-31-26(30-32(28(31)35)19-21-11-15-25(29)16-12-21)8-4-5-20-9-13-23(14-10-20)24-7-3-6-22(17-24)18-27(33)34/h3,6-7,9-17H,2,4-5,8,18-19H2,1H3,(H,33,34). The number of carboxylic acid groups (broad SMARTS) is 1. The Bertz CT molecular complexity index is 1360. The van der Waals surface area contributed by atoms with Crippen molar-refractivity contribution in [2.45, 2.75) is 45.7 Å². The molecule has 7 heteroatoms. The molecule has 0 bridgehead atoms. The Kier molecular flexibility index (Phi) is 7.98. The maximum Gasteiger partial charge on any atom is 0.346 e. The van der Waals surface area contributed by atoms with Crippen molar-refractivity contribution in [3.8, 4) is 11.1 Å². The summed E-state index contributed by atoms with van der Waals surface area (Å²) < 4.78 is 4.31. The number of rotatable bonds is 10. The zero-order valence-corrected chi connectivity index (χ0v) is 21.2. The van der Waals surface area contributed by atoms with E-state index >= 15 is 0 Å². The molecule has 35 heavy (non-hydrogen) atoms. The van der Waals surface area contributed by atoms with Crippen LogP contribution in [-0.4, -0.2) is 25.4 Å². The maximum absolute atomic E-state index is 12.8. The number of carbonyl (C=O) groups is 1. The van der Waals surface area contributed by atoms with Crippen LogP contribution in [0, 0.1) is 0 Å². The van der Waals surface area contributed by atoms with Crippen LogP contribution in [0.1, 0.15) is 35.9 Å². The minimum absolute atomic E-state index is 0.0215. The smallest absolute Gasteiger partial charge is 0.346 e. The first-order valence-corrected chi connectivity index (χ1v) is 12.5. The fourth-order valence-corrected chi connectivity index (χ4v) is 4.47. The van der Waals surface area contributed by atoms with Crippen LogP contribution in [-0.2, 0) is 37.1 Å². The molecule has 1 heterocycles. The van der Waals surface area contributed by atoms with Gasteiger partial charge in [-0.1, -0.05) is 76.6 Å². The highest BCUT2D eigenvalue weighted by Crippen LogP contribution is 2.22. The number of aryl methyl sites for hydroxylation is 2. The largest absolute Gasteiger partial charge is 0.481 e. The highest BCUT2D eigenvalue weighted by molar-refractivity contribution is 9.10. The first-order chi connectivity index (χ1) is 16.9. The molecule has 6 nitrogen and oxygen atoms in total. The van der Waals surface area contributed by atoms with Crippen molar-refractivity contribution in [1.82, 2.24) is 14.3 Å². The van der Waals surface area contributed by atoms with Crippen LogP contribution in [0.3, 0.4) is 0 Å². The molecule has 0 aliphatic heterocycles. The molecule has 0 unspecified atom stereocenters. The summed E-state index contributed by atoms with van der Waals surface area (Å²) in [5.74, 6) is -0.00869. The summed E-state index contributed by atoms with van der Waals surface area (Å²) in [5, 5.41) is 13.7. The van der Waals surface area contributed by atoms with Crippen molar-refractivity contribution in [2.75, 3.05) is 0 Å². The van der Waals surface area contributed by atoms with Crippen molar-refractivity contribution in [1.29, 1.82) is 0 Å². The fraction of sp³-hybridized carbons (Fsp3) is 0.250. The van der Waals surface area contributed by atoms with E-state index in [0.717, 1.165) is 51.8 Å². The fourth-order valence-electron chi connectivity index (χ4n) is 4.20. The molecule has 0 aliphatic carbocycles. The quantitative estimate of drug-likeness (QED) is 0.298. The lowest BCUT2D eigenvalue weighted by atomic mass is 9.99. The van der Waals surface area contributed by atoms with Crippen LogP contribution in [0.5, 0.6) is 0 Å². The van der Waals surface area contributed by atoms with Gasteiger partial charge in [0.05, 0.1) is 13.0 Å². The normalized spacial score (nSPS) is 11.0. The highest BCUT2D eigenvalue weighted by atomic mass is 79.9. The number of benzene rings is 3. The van der Waals surface area contributed by atoms with E-state index in [1.165, 1.54) is 5.56 Å². The van der Waals surface area contributed by atoms with E-state index in [0.29, 0.717) is 13.1 Å². The summed E-state index contributed by atoms with van der Waals surface area (Å²) in [4.78, 5) is 23.8. The number of aliphatic carboxylic acids is 1. The Balaban J connectivity index is 1.39. The molecule has 3 aromatic carbocycles. The van der Waals surface area contributed by atoms with Gasteiger partial charge >= 0.3 is 11.7 Å². The summed E-state index contributed by atoms with van der Waals surface area (Å²) in [6, 6.07) is 23.9. The average molecular weight is 534 g/mol. The Labute approximate surface area is 213 Å². The van der Waals surface area contributed by atoms with Crippen molar-refractivity contribution < 1.29 is 9.90 Å². The van der Waals surface area contributed by atoms with Crippen LogP contribution in [0.4, 0.5) is 0 Å². The van der Waals surface area contributed by atoms with Gasteiger partial charge < -0.3 is 5.11 Å². The second kappa shape index (κ2) is 11.3. The molecule has 180 valence electrons. The third-order valence-corrected chi connectivity index (χ3v) is 6.53. The van der Waals surface area contributed by atoms with Crippen LogP contribution >= 0.6 is 15.9 Å². The maximum atomic E-state index is 12.8. The molecule has 0 aliphatic rings. The summed E-state index contributed by atoms with van der Waals surface area (Å²) in [6.45, 7) is 3.03. The monoisotopic (exact) mass is 533 g/mol. The van der Waals surface area contributed by atoms with E-state index in [1.807, 2.05) is 55.5 Å². The van der Waals surface area contributed by atoms with Gasteiger partial charge in [0.15, 0.2) is 0 Å². The van der Waals surface area contributed by atoms with Crippen LogP contribution in [0.15, 0.2) is 82.1 Å². The van der Waals surface area contributed by atoms with Crippen molar-refractivity contribution in [3.05, 3.63) is 110 Å². The molecule has 0 fully saturated rings. The predicted octanol–water partition coefficient (Wildman–Crippen LogP) is 5.34. The lowest BCUT2D eigenvalue weighted by molar-refractivity contribution is -0.136. The van der Waals surface area contributed by atoms with Crippen molar-refractivity contribution in [2.24, 2.45) is 0 Å². The minimum Gasteiger partial charge on any atom is -0.481 e. The molecule has 0 saturated carbocycles. The molecule has 0 saturated heterocycles. The van der Waals surface area contributed by atoms with Gasteiger partial charge in [-0.05, 0) is 59.7 Å². The molecular weight excluding hydrogens is 506 g/mol. The Morgan fingerprint density at radius 3 is 2.31 bits per heavy atom. The molecule has 0 amide bonds. The molecule has 0 spiro atoms. The molecule has 0 atom stereocenters. The van der Waals surface area contributed by atoms with Gasteiger partial charge in [0, 0.05) is 17.4 Å². The average Bonchev–Trinajstić information content (AvgIpc) is 3.14. The number of nitrogens with zero attached hydrogens (tertiary/aromatic N) is 3. The van der Waals surface area contributed by atoms with Crippen LogP contribution in [0.25, 0.3) is 11.1 Å². The van der Waals surface area contributed by atoms with E-state index in [-0.39, 0.29) is 12.1 Å². The second-order valence-electron chi connectivity index (χ2n) is 8.55. The Morgan fingerprint density at radius 2 is 1.63 bits per heavy atom. The first kappa shape index (κ1) is 24.7. The zero-order valence-electron chi connectivity index (χ0n) is 19.7. The van der Waals surface area contributed by atoms with Crippen molar-refractivity contribution >= 4 is 21.9 Å². The molecule has 1 aromatic heterocycles. The first-order valence-electron chi connectivity index (χ1n) is 11.7. The van der Waals surface area contributed by atoms with Gasteiger partial charge in [-0.2, -0.15) is 5.10 Å². The van der Waals surface area contributed by atoms with E-state index in [2.05, 4.69) is 45.3 Å². The molecule has 0 radical (unpaired) electrons. The third-order valence-electron chi connectivity index (χ3n) is 6.00. The number of hydrogen-bond donors (Lipinski definition) is 1. The Hall–Kier alpha value is -3.45. The summed E-state index contributed by atoms with van der Waals surface area (Å²) in [6.07, 6.45) is 2.53. The van der Waals surface area contributed by atoms with E-state index in [4.69, 9.17) is 5.11 Å². The number of aromatic nitrogens is 3. The van der Waals surface area contributed by atoms with Crippen molar-refractivity contribution in [3.63, 3.8) is 0 Å². The molecule has 1 N–H and O–H groups in total. The van der Waals surface area contributed by atoms with Gasteiger partial charge in [-0.3, -0.25) is 9.36 Å². The second-order valence-corrected chi connectivity index (χ2v) is 9.46. The van der Waals surface area contributed by atoms with Crippen LogP contribution in [0.2, 0.25) is 0 Å². The topological polar surface area (TPSA) is 77.1 Å². The lowest BCUT2D eigenvalue weighted by Crippen LogP contribution is -2.25. The van der Waals surface area contributed by atoms with Gasteiger partial charge in [-0.15, -0.1) is 0 Å². The van der Waals surface area contributed by atoms with Gasteiger partial charge in [-0.25, -0.2) is 9.48 Å². The molecule has 4 aromatic rings. The lowest BCUT2D eigenvalue weighted by Gasteiger charge is -2.07. The number of carboxylic acids is 1. The van der Waals surface area contributed by atoms with Crippen LogP contribution < -0.4 is 5.69 Å². The third kappa shape index (κ3) is 6.36. The zero-order chi connectivity index (χ0) is 24.8. The van der Waals surface area contributed by atoms with Gasteiger partial charge in [0.2, 0.25) is 0 Å². The van der Waals surface area contributed by atoms with Gasteiger partial charge in [0.1, 0.15) is 5.82 Å². The summed E-state index contributed by atoms with van der Waals surface area (Å²) in [7, 11) is 0. The summed E-state index contributed by atoms with van der Waals surface area (Å²) >= 11 is 3.44. The SMILES string of the molecule is CCn1c(CCCc2ccc(-c3cccc(CC(=O)O)c3)cc2)nn(Cc2ccc(Br)cc2)c1=O. The minimum atomic E-state index is -0.830. The Morgan fingerprint density at radius 1 is 0.914 bits per heavy atom. The predicted molar refractivity (Wildman–Crippen MR) is 141 cm³/mol. The van der Waals surface area contributed by atoms with E-state index in [9.17, 15) is 9.59 Å². The molecule has 4 rings (SSSR count). The summed E-state index contributed by atoms with van der Waals surface area (Å²) in [5.41, 5.74) is 5.05. The van der Waals surface area contributed by atoms with Gasteiger partial charge in [0.25, 0.3) is 0 Å². The highest BCUT2D eigenvalue weighted by Gasteiger charge is 2.12. The number of halogens is 1. The van der Waals surface area contributed by atoms with E-state index in [1.54, 1.807) is 9.25 Å².